The van der Waals surface area contributed by atoms with Gasteiger partial charge >= 0.3 is 5.97 Å². The SMILES string of the molecule is Cc1cc(C(=O)Nc2ccc(C(=O)O)cc2)cc(C)c1Br. The summed E-state index contributed by atoms with van der Waals surface area (Å²) in [5.41, 5.74) is 3.28. The summed E-state index contributed by atoms with van der Waals surface area (Å²) in [5.74, 6) is -1.22. The number of nitrogens with one attached hydrogen (secondary N) is 1. The number of hydrogen-bond acceptors (Lipinski definition) is 2. The van der Waals surface area contributed by atoms with Gasteiger partial charge in [-0.3, -0.25) is 4.79 Å². The lowest BCUT2D eigenvalue weighted by atomic mass is 10.1. The summed E-state index contributed by atoms with van der Waals surface area (Å²) in [6.07, 6.45) is 0. The van der Waals surface area contributed by atoms with Crippen LogP contribution in [0.25, 0.3) is 0 Å². The molecule has 0 spiro atoms. The van der Waals surface area contributed by atoms with E-state index in [4.69, 9.17) is 5.11 Å². The molecule has 0 unspecified atom stereocenters. The third kappa shape index (κ3) is 3.49. The molecule has 0 aliphatic rings. The molecule has 4 nitrogen and oxygen atoms in total. The number of amides is 1. The Labute approximate surface area is 130 Å². The van der Waals surface area contributed by atoms with Crippen molar-refractivity contribution in [2.75, 3.05) is 5.32 Å². The van der Waals surface area contributed by atoms with E-state index in [1.54, 1.807) is 24.3 Å². The van der Waals surface area contributed by atoms with Gasteiger partial charge in [-0.05, 0) is 61.4 Å². The predicted octanol–water partition coefficient (Wildman–Crippen LogP) is 4.02. The van der Waals surface area contributed by atoms with Crippen molar-refractivity contribution in [3.63, 3.8) is 0 Å². The highest BCUT2D eigenvalue weighted by molar-refractivity contribution is 9.10. The zero-order chi connectivity index (χ0) is 15.6. The van der Waals surface area contributed by atoms with Crippen molar-refractivity contribution < 1.29 is 14.7 Å². The predicted molar refractivity (Wildman–Crippen MR) is 85.0 cm³/mol. The van der Waals surface area contributed by atoms with Crippen LogP contribution in [0.2, 0.25) is 0 Å². The number of anilines is 1. The zero-order valence-electron chi connectivity index (χ0n) is 11.6. The molecule has 21 heavy (non-hydrogen) atoms. The summed E-state index contributed by atoms with van der Waals surface area (Å²) in [7, 11) is 0. The lowest BCUT2D eigenvalue weighted by molar-refractivity contribution is 0.0696. The molecule has 0 atom stereocenters. The van der Waals surface area contributed by atoms with E-state index in [1.807, 2.05) is 13.8 Å². The Balaban J connectivity index is 2.20. The van der Waals surface area contributed by atoms with Gasteiger partial charge < -0.3 is 10.4 Å². The second kappa shape index (κ2) is 6.10. The number of carbonyl (C=O) groups excluding carboxylic acids is 1. The third-order valence-electron chi connectivity index (χ3n) is 3.09. The Hall–Kier alpha value is -2.14. The van der Waals surface area contributed by atoms with Gasteiger partial charge in [-0.2, -0.15) is 0 Å². The fourth-order valence-electron chi connectivity index (χ4n) is 1.98. The summed E-state index contributed by atoms with van der Waals surface area (Å²) in [5, 5.41) is 11.6. The van der Waals surface area contributed by atoms with Crippen LogP contribution in [0.3, 0.4) is 0 Å². The van der Waals surface area contributed by atoms with E-state index >= 15 is 0 Å². The van der Waals surface area contributed by atoms with Gasteiger partial charge in [0, 0.05) is 15.7 Å². The van der Waals surface area contributed by atoms with Crippen molar-refractivity contribution in [1.82, 2.24) is 0 Å². The highest BCUT2D eigenvalue weighted by atomic mass is 79.9. The van der Waals surface area contributed by atoms with Crippen LogP contribution in [0.15, 0.2) is 40.9 Å². The lowest BCUT2D eigenvalue weighted by Gasteiger charge is -2.09. The molecule has 0 aliphatic heterocycles. The molecule has 0 saturated heterocycles. The minimum Gasteiger partial charge on any atom is -0.478 e. The van der Waals surface area contributed by atoms with Crippen molar-refractivity contribution in [3.05, 3.63) is 63.1 Å². The molecule has 108 valence electrons. The van der Waals surface area contributed by atoms with E-state index < -0.39 is 5.97 Å². The van der Waals surface area contributed by atoms with Crippen molar-refractivity contribution in [2.45, 2.75) is 13.8 Å². The first-order chi connectivity index (χ1) is 9.88. The van der Waals surface area contributed by atoms with E-state index in [-0.39, 0.29) is 11.5 Å². The normalized spacial score (nSPS) is 10.2. The molecule has 2 aromatic carbocycles. The molecule has 0 fully saturated rings. The fraction of sp³-hybridized carbons (Fsp3) is 0.125. The number of benzene rings is 2. The summed E-state index contributed by atoms with van der Waals surface area (Å²) in [6, 6.07) is 9.65. The second-order valence-electron chi connectivity index (χ2n) is 4.76. The van der Waals surface area contributed by atoms with Crippen LogP contribution in [0.5, 0.6) is 0 Å². The maximum Gasteiger partial charge on any atom is 0.335 e. The molecular formula is C16H14BrNO3. The van der Waals surface area contributed by atoms with Gasteiger partial charge in [-0.15, -0.1) is 0 Å². The van der Waals surface area contributed by atoms with Crippen molar-refractivity contribution in [3.8, 4) is 0 Å². The number of carbonyl (C=O) groups is 2. The molecule has 0 heterocycles. The second-order valence-corrected chi connectivity index (χ2v) is 5.55. The number of halogens is 1. The topological polar surface area (TPSA) is 66.4 Å². The summed E-state index contributed by atoms with van der Waals surface area (Å²) >= 11 is 3.46. The largest absolute Gasteiger partial charge is 0.478 e. The van der Waals surface area contributed by atoms with Crippen LogP contribution in [0.4, 0.5) is 5.69 Å². The summed E-state index contributed by atoms with van der Waals surface area (Å²) in [6.45, 7) is 3.85. The Morgan fingerprint density at radius 2 is 1.52 bits per heavy atom. The van der Waals surface area contributed by atoms with Gasteiger partial charge in [0.05, 0.1) is 5.56 Å². The van der Waals surface area contributed by atoms with Gasteiger partial charge in [0.2, 0.25) is 0 Å². The van der Waals surface area contributed by atoms with Crippen LogP contribution < -0.4 is 5.32 Å². The van der Waals surface area contributed by atoms with Crippen LogP contribution in [0.1, 0.15) is 31.8 Å². The molecule has 0 saturated carbocycles. The number of aryl methyl sites for hydroxylation is 2. The maximum atomic E-state index is 12.2. The standard InChI is InChI=1S/C16H14BrNO3/c1-9-7-12(8-10(2)14(9)17)15(19)18-13-5-3-11(4-6-13)16(20)21/h3-8H,1-2H3,(H,18,19)(H,20,21). The minimum absolute atomic E-state index is 0.184. The van der Waals surface area contributed by atoms with Gasteiger partial charge in [-0.25, -0.2) is 4.79 Å². The Morgan fingerprint density at radius 3 is 2.00 bits per heavy atom. The van der Waals surface area contributed by atoms with E-state index in [1.165, 1.54) is 12.1 Å². The Morgan fingerprint density at radius 1 is 1.00 bits per heavy atom. The van der Waals surface area contributed by atoms with Gasteiger partial charge in [0.1, 0.15) is 0 Å². The van der Waals surface area contributed by atoms with Crippen molar-refractivity contribution in [2.24, 2.45) is 0 Å². The average molecular weight is 348 g/mol. The van der Waals surface area contributed by atoms with E-state index in [0.29, 0.717) is 11.3 Å². The van der Waals surface area contributed by atoms with Crippen LogP contribution in [-0.4, -0.2) is 17.0 Å². The molecule has 2 N–H and O–H groups in total. The van der Waals surface area contributed by atoms with Crippen LogP contribution in [0, 0.1) is 13.8 Å². The number of rotatable bonds is 3. The van der Waals surface area contributed by atoms with E-state index in [2.05, 4.69) is 21.2 Å². The number of aromatic carboxylic acids is 1. The van der Waals surface area contributed by atoms with E-state index in [9.17, 15) is 9.59 Å². The molecule has 0 bridgehead atoms. The highest BCUT2D eigenvalue weighted by Gasteiger charge is 2.10. The quantitative estimate of drug-likeness (QED) is 0.881. The smallest absolute Gasteiger partial charge is 0.335 e. The molecule has 5 heteroatoms. The molecule has 0 aliphatic carbocycles. The van der Waals surface area contributed by atoms with Crippen LogP contribution in [-0.2, 0) is 0 Å². The average Bonchev–Trinajstić information content (AvgIpc) is 2.44. The van der Waals surface area contributed by atoms with Crippen LogP contribution >= 0.6 is 15.9 Å². The van der Waals surface area contributed by atoms with Crippen molar-refractivity contribution in [1.29, 1.82) is 0 Å². The summed E-state index contributed by atoms with van der Waals surface area (Å²) < 4.78 is 0.991. The molecule has 0 radical (unpaired) electrons. The number of hydrogen-bond donors (Lipinski definition) is 2. The molecule has 1 amide bonds. The molecule has 0 aromatic heterocycles. The first kappa shape index (κ1) is 15.3. The lowest BCUT2D eigenvalue weighted by Crippen LogP contribution is -2.12. The Kier molecular flexibility index (Phi) is 4.43. The number of carboxylic acids is 1. The molecular weight excluding hydrogens is 334 g/mol. The maximum absolute atomic E-state index is 12.2. The Bertz CT molecular complexity index is 685. The van der Waals surface area contributed by atoms with E-state index in [0.717, 1.165) is 15.6 Å². The van der Waals surface area contributed by atoms with Gasteiger partial charge in [0.15, 0.2) is 0 Å². The summed E-state index contributed by atoms with van der Waals surface area (Å²) in [4.78, 5) is 23.0. The monoisotopic (exact) mass is 347 g/mol. The fourth-order valence-corrected chi connectivity index (χ4v) is 2.21. The first-order valence-corrected chi connectivity index (χ1v) is 7.09. The molecule has 2 rings (SSSR count). The zero-order valence-corrected chi connectivity index (χ0v) is 13.2. The minimum atomic E-state index is -0.993. The first-order valence-electron chi connectivity index (χ1n) is 6.30. The highest BCUT2D eigenvalue weighted by Crippen LogP contribution is 2.23. The molecule has 2 aromatic rings. The van der Waals surface area contributed by atoms with Gasteiger partial charge in [0.25, 0.3) is 5.91 Å². The third-order valence-corrected chi connectivity index (χ3v) is 4.34. The number of carboxylic acid groups (broad SMARTS) is 1. The van der Waals surface area contributed by atoms with Crippen molar-refractivity contribution >= 4 is 33.5 Å². The van der Waals surface area contributed by atoms with Gasteiger partial charge in [-0.1, -0.05) is 15.9 Å².